The first kappa shape index (κ1) is 25.8. The average molecular weight is 493 g/mol. The second-order valence-electron chi connectivity index (χ2n) is 13.2. The summed E-state index contributed by atoms with van der Waals surface area (Å²) in [5.74, 6) is -0.705. The van der Waals surface area contributed by atoms with E-state index in [1.54, 1.807) is 13.0 Å². The summed E-state index contributed by atoms with van der Waals surface area (Å²) in [6.45, 7) is 8.10. The van der Waals surface area contributed by atoms with Crippen molar-refractivity contribution in [3.8, 4) is 0 Å². The third-order valence-corrected chi connectivity index (χ3v) is 11.6. The third-order valence-electron chi connectivity index (χ3n) is 11.6. The zero-order valence-corrected chi connectivity index (χ0v) is 21.6. The highest BCUT2D eigenvalue weighted by atomic mass is 16.5. The van der Waals surface area contributed by atoms with Crippen LogP contribution in [0.4, 0.5) is 0 Å². The van der Waals surface area contributed by atoms with E-state index in [4.69, 9.17) is 4.74 Å². The number of ether oxygens (including phenoxy) is 1. The van der Waals surface area contributed by atoms with E-state index in [-0.39, 0.29) is 41.5 Å². The second-order valence-corrected chi connectivity index (χ2v) is 13.2. The van der Waals surface area contributed by atoms with Crippen LogP contribution in [0.2, 0.25) is 0 Å². The monoisotopic (exact) mass is 492 g/mol. The smallest absolute Gasteiger partial charge is 0.159 e. The molecule has 0 bridgehead atoms. The van der Waals surface area contributed by atoms with Crippen molar-refractivity contribution < 1.29 is 35.1 Å². The van der Waals surface area contributed by atoms with Crippen molar-refractivity contribution in [1.82, 2.24) is 0 Å². The highest BCUT2D eigenvalue weighted by Crippen LogP contribution is 2.68. The van der Waals surface area contributed by atoms with Gasteiger partial charge < -0.3 is 30.3 Å². The summed E-state index contributed by atoms with van der Waals surface area (Å²) in [5, 5.41) is 55.7. The molecule has 0 aromatic heterocycles. The van der Waals surface area contributed by atoms with E-state index in [0.717, 1.165) is 18.4 Å². The molecule has 4 fully saturated rings. The summed E-state index contributed by atoms with van der Waals surface area (Å²) in [7, 11) is 0. The van der Waals surface area contributed by atoms with E-state index in [9.17, 15) is 30.3 Å². The molecule has 4 aliphatic carbocycles. The fourth-order valence-electron chi connectivity index (χ4n) is 9.24. The van der Waals surface area contributed by atoms with Crippen molar-refractivity contribution in [3.05, 3.63) is 11.6 Å². The molecule has 0 aromatic rings. The van der Waals surface area contributed by atoms with Crippen LogP contribution >= 0.6 is 0 Å². The Balaban J connectivity index is 1.48. The molecule has 0 aromatic carbocycles. The summed E-state index contributed by atoms with van der Waals surface area (Å²) in [4.78, 5) is 13.3. The van der Waals surface area contributed by atoms with E-state index < -0.39 is 40.8 Å². The molecule has 1 heterocycles. The van der Waals surface area contributed by atoms with Gasteiger partial charge in [-0.15, -0.1) is 0 Å². The van der Waals surface area contributed by atoms with Gasteiger partial charge in [0.05, 0.1) is 30.0 Å². The molecule has 0 spiro atoms. The van der Waals surface area contributed by atoms with Crippen LogP contribution in [0.5, 0.6) is 0 Å². The number of hydrogen-bond donors (Lipinski definition) is 5. The van der Waals surface area contributed by atoms with Gasteiger partial charge in [0.25, 0.3) is 0 Å². The number of carbonyl (C=O) groups is 1. The highest BCUT2D eigenvalue weighted by Gasteiger charge is 2.69. The number of fused-ring (bicyclic) bond motifs is 5. The van der Waals surface area contributed by atoms with Gasteiger partial charge in [-0.2, -0.15) is 0 Å². The Labute approximate surface area is 208 Å². The zero-order chi connectivity index (χ0) is 25.6. The molecule has 7 heteroatoms. The fourth-order valence-corrected chi connectivity index (χ4v) is 9.24. The van der Waals surface area contributed by atoms with Crippen molar-refractivity contribution in [1.29, 1.82) is 0 Å². The maximum Gasteiger partial charge on any atom is 0.159 e. The van der Waals surface area contributed by atoms with Crippen LogP contribution < -0.4 is 0 Å². The van der Waals surface area contributed by atoms with E-state index in [2.05, 4.69) is 6.92 Å². The summed E-state index contributed by atoms with van der Waals surface area (Å²) in [5.41, 5.74) is -2.95. The predicted octanol–water partition coefficient (Wildman–Crippen LogP) is 1.98. The molecule has 1 saturated heterocycles. The van der Waals surface area contributed by atoms with Crippen LogP contribution in [0.25, 0.3) is 0 Å². The van der Waals surface area contributed by atoms with Crippen LogP contribution in [0.15, 0.2) is 11.6 Å². The number of aliphatic hydroxyl groups is 5. The minimum Gasteiger partial charge on any atom is -0.396 e. The van der Waals surface area contributed by atoms with Crippen molar-refractivity contribution in [3.63, 3.8) is 0 Å². The molecule has 3 saturated carbocycles. The van der Waals surface area contributed by atoms with E-state index in [1.807, 2.05) is 13.8 Å². The molecule has 5 rings (SSSR count). The molecule has 7 nitrogen and oxygen atoms in total. The molecule has 1 aliphatic heterocycles. The van der Waals surface area contributed by atoms with Crippen LogP contribution in [0.1, 0.15) is 72.6 Å². The third kappa shape index (κ3) is 3.41. The number of aliphatic hydroxyl groups excluding tert-OH is 3. The lowest BCUT2D eigenvalue weighted by Gasteiger charge is -2.60. The molecule has 12 atom stereocenters. The Bertz CT molecular complexity index is 900. The van der Waals surface area contributed by atoms with Crippen molar-refractivity contribution >= 4 is 5.78 Å². The van der Waals surface area contributed by atoms with Crippen molar-refractivity contribution in [2.45, 2.75) is 102 Å². The quantitative estimate of drug-likeness (QED) is 0.406. The van der Waals surface area contributed by atoms with Crippen molar-refractivity contribution in [2.75, 3.05) is 13.2 Å². The Kier molecular flexibility index (Phi) is 6.15. The molecule has 0 unspecified atom stereocenters. The van der Waals surface area contributed by atoms with Crippen LogP contribution in [-0.4, -0.2) is 74.0 Å². The highest BCUT2D eigenvalue weighted by molar-refractivity contribution is 5.95. The summed E-state index contributed by atoms with van der Waals surface area (Å²) < 4.78 is 5.84. The lowest BCUT2D eigenvalue weighted by atomic mass is 9.46. The summed E-state index contributed by atoms with van der Waals surface area (Å²) in [6, 6.07) is 0. The van der Waals surface area contributed by atoms with Crippen LogP contribution in [0, 0.1) is 40.4 Å². The molecular formula is C28H44O7. The molecule has 5 N–H and O–H groups in total. The molecule has 35 heavy (non-hydrogen) atoms. The standard InChI is InChI=1S/C28H44O7/c1-15-14-35-23(17(15)13-29)24(32)27(4,33)22-7-10-28(34)19-12-21(31)20-11-16(30)5-8-25(20,2)18(19)6-9-26(22,28)3/h12,15-18,20,22-24,29-30,32-34H,5-11,13-14H2,1-4H3/t15-,16-,17+,18-,20-,22-,23-,24+,25+,26+,27-,28+/m0/s1. The van der Waals surface area contributed by atoms with Gasteiger partial charge in [-0.25, -0.2) is 0 Å². The van der Waals surface area contributed by atoms with E-state index >= 15 is 0 Å². The van der Waals surface area contributed by atoms with Gasteiger partial charge in [-0.3, -0.25) is 4.79 Å². The van der Waals surface area contributed by atoms with E-state index in [1.165, 1.54) is 0 Å². The minimum absolute atomic E-state index is 0.00421. The van der Waals surface area contributed by atoms with Crippen LogP contribution in [-0.2, 0) is 9.53 Å². The number of ketones is 1. The zero-order valence-electron chi connectivity index (χ0n) is 21.6. The Morgan fingerprint density at radius 1 is 1.17 bits per heavy atom. The lowest BCUT2D eigenvalue weighted by Crippen LogP contribution is -2.63. The summed E-state index contributed by atoms with van der Waals surface area (Å²) in [6.07, 6.45) is 3.74. The number of allylic oxidation sites excluding steroid dienone is 1. The van der Waals surface area contributed by atoms with Gasteiger partial charge in [0.15, 0.2) is 5.78 Å². The predicted molar refractivity (Wildman–Crippen MR) is 129 cm³/mol. The van der Waals surface area contributed by atoms with Gasteiger partial charge in [0.1, 0.15) is 6.10 Å². The Hall–Kier alpha value is -0.830. The normalized spacial score (nSPS) is 52.2. The van der Waals surface area contributed by atoms with Crippen LogP contribution in [0.3, 0.4) is 0 Å². The first-order valence-corrected chi connectivity index (χ1v) is 13.6. The molecule has 0 amide bonds. The maximum absolute atomic E-state index is 13.3. The minimum atomic E-state index is -1.53. The number of hydrogen-bond acceptors (Lipinski definition) is 7. The summed E-state index contributed by atoms with van der Waals surface area (Å²) >= 11 is 0. The van der Waals surface area contributed by atoms with Crippen molar-refractivity contribution in [2.24, 2.45) is 40.4 Å². The van der Waals surface area contributed by atoms with Gasteiger partial charge in [-0.05, 0) is 86.7 Å². The molecule has 5 aliphatic rings. The Morgan fingerprint density at radius 2 is 1.89 bits per heavy atom. The first-order chi connectivity index (χ1) is 16.3. The number of carbonyl (C=O) groups excluding carboxylic acids is 1. The number of rotatable bonds is 4. The average Bonchev–Trinajstić information content (AvgIpc) is 3.31. The van der Waals surface area contributed by atoms with Gasteiger partial charge in [0, 0.05) is 23.9 Å². The molecular weight excluding hydrogens is 448 g/mol. The van der Waals surface area contributed by atoms with Gasteiger partial charge in [0.2, 0.25) is 0 Å². The second kappa shape index (κ2) is 8.34. The maximum atomic E-state index is 13.3. The van der Waals surface area contributed by atoms with Gasteiger partial charge >= 0.3 is 0 Å². The lowest BCUT2D eigenvalue weighted by molar-refractivity contribution is -0.194. The van der Waals surface area contributed by atoms with Gasteiger partial charge in [-0.1, -0.05) is 20.8 Å². The van der Waals surface area contributed by atoms with E-state index in [0.29, 0.717) is 38.7 Å². The first-order valence-electron chi connectivity index (χ1n) is 13.6. The Morgan fingerprint density at radius 3 is 2.57 bits per heavy atom. The fraction of sp³-hybridized carbons (Fsp3) is 0.893. The topological polar surface area (TPSA) is 127 Å². The molecule has 0 radical (unpaired) electrons. The molecule has 198 valence electrons. The SMILES string of the molecule is C[C@H]1CO[C@H]([C@@H](O)[C@@](C)(O)[C@H]2CC[C@@]3(O)C4=CC(=O)[C@@H]5C[C@@H](O)CC[C@]5(C)[C@H]4CC[C@]23C)[C@@H]1CO. The largest absolute Gasteiger partial charge is 0.396 e.